The van der Waals surface area contributed by atoms with Gasteiger partial charge in [0.25, 0.3) is 0 Å². The lowest BCUT2D eigenvalue weighted by Gasteiger charge is -2.27. The second-order valence-electron chi connectivity index (χ2n) is 11.2. The van der Waals surface area contributed by atoms with Crippen LogP contribution in [0.1, 0.15) is 64.5 Å². The molecule has 0 unspecified atom stereocenters. The Morgan fingerprint density at radius 3 is 1.97 bits per heavy atom. The van der Waals surface area contributed by atoms with Crippen molar-refractivity contribution in [2.45, 2.75) is 72.2 Å². The van der Waals surface area contributed by atoms with Crippen LogP contribution in [0.3, 0.4) is 0 Å². The fourth-order valence-electron chi connectivity index (χ4n) is 5.01. The van der Waals surface area contributed by atoms with Gasteiger partial charge in [-0.2, -0.15) is 0 Å². The molecule has 0 aliphatic carbocycles. The van der Waals surface area contributed by atoms with Gasteiger partial charge in [0.1, 0.15) is 5.75 Å². The summed E-state index contributed by atoms with van der Waals surface area (Å²) in [7, 11) is 1.65. The largest absolute Gasteiger partial charge is 0.497 e. The first-order valence-corrected chi connectivity index (χ1v) is 13.5. The second-order valence-corrected chi connectivity index (χ2v) is 11.2. The Morgan fingerprint density at radius 2 is 1.43 bits per heavy atom. The molecule has 1 aliphatic heterocycles. The van der Waals surface area contributed by atoms with Crippen LogP contribution in [0.25, 0.3) is 0 Å². The average molecular weight is 509 g/mol. The van der Waals surface area contributed by atoms with Gasteiger partial charge in [0.2, 0.25) is 0 Å². The molecule has 1 fully saturated rings. The highest BCUT2D eigenvalue weighted by molar-refractivity contribution is 5.91. The predicted molar refractivity (Wildman–Crippen MR) is 147 cm³/mol. The summed E-state index contributed by atoms with van der Waals surface area (Å²) in [4.78, 5) is 13.0. The molecule has 1 heterocycles. The predicted octanol–water partition coefficient (Wildman–Crippen LogP) is 7.14. The van der Waals surface area contributed by atoms with Crippen molar-refractivity contribution in [3.05, 3.63) is 77.4 Å². The van der Waals surface area contributed by atoms with Gasteiger partial charge in [-0.1, -0.05) is 76.2 Å². The van der Waals surface area contributed by atoms with Gasteiger partial charge in [0.15, 0.2) is 5.60 Å². The molecule has 202 valence electrons. The number of cyclic esters (lactones) is 1. The first-order valence-electron chi connectivity index (χ1n) is 13.5. The van der Waals surface area contributed by atoms with Crippen molar-refractivity contribution < 1.29 is 23.7 Å². The van der Waals surface area contributed by atoms with E-state index >= 15 is 0 Å². The number of methoxy groups -OCH3 is 1. The van der Waals surface area contributed by atoms with Crippen LogP contribution in [-0.4, -0.2) is 31.9 Å². The van der Waals surface area contributed by atoms with Crippen LogP contribution in [0.15, 0.2) is 66.2 Å². The number of allylic oxidation sites excluding steroid dienone is 1. The van der Waals surface area contributed by atoms with E-state index in [0.29, 0.717) is 37.4 Å². The Balaban J connectivity index is 1.67. The van der Waals surface area contributed by atoms with Crippen molar-refractivity contribution in [1.82, 2.24) is 0 Å². The molecule has 1 atom stereocenters. The Kier molecular flexibility index (Phi) is 11.2. The van der Waals surface area contributed by atoms with Gasteiger partial charge >= 0.3 is 5.97 Å². The minimum atomic E-state index is -0.824. The van der Waals surface area contributed by atoms with Crippen molar-refractivity contribution in [2.24, 2.45) is 17.8 Å². The molecule has 3 rings (SSSR count). The summed E-state index contributed by atoms with van der Waals surface area (Å²) in [5.41, 5.74) is 2.04. The average Bonchev–Trinajstić information content (AvgIpc) is 3.18. The summed E-state index contributed by atoms with van der Waals surface area (Å²) in [5, 5.41) is 0. The van der Waals surface area contributed by atoms with Gasteiger partial charge < -0.3 is 18.9 Å². The van der Waals surface area contributed by atoms with Gasteiger partial charge in [-0.3, -0.25) is 0 Å². The van der Waals surface area contributed by atoms with E-state index in [1.807, 2.05) is 54.6 Å². The van der Waals surface area contributed by atoms with Gasteiger partial charge in [-0.25, -0.2) is 4.79 Å². The monoisotopic (exact) mass is 508 g/mol. The Bertz CT molecular complexity index is 970. The summed E-state index contributed by atoms with van der Waals surface area (Å²) in [6, 6.07) is 17.8. The standard InChI is InChI=1S/C32H44O5/c1-24(2)17-28(18-25(3)4)11-14-29-19-32(37-31(29)33,22-35-20-26-9-7-6-8-10-26)23-36-21-27-12-15-30(34-5)16-13-27/h6-10,12-16,24-25,28H,11,17-23H2,1-5H3/b29-14-/t32-/m1/s1. The number of esters is 1. The molecule has 0 aromatic heterocycles. The lowest BCUT2D eigenvalue weighted by Crippen LogP contribution is -2.39. The number of carbonyl (C=O) groups is 1. The first kappa shape index (κ1) is 28.9. The maximum Gasteiger partial charge on any atom is 0.334 e. The van der Waals surface area contributed by atoms with Gasteiger partial charge in [0.05, 0.1) is 33.5 Å². The van der Waals surface area contributed by atoms with Crippen molar-refractivity contribution >= 4 is 5.97 Å². The van der Waals surface area contributed by atoms with Crippen LogP contribution in [-0.2, 0) is 32.2 Å². The summed E-state index contributed by atoms with van der Waals surface area (Å²) in [6.45, 7) is 10.5. The number of hydrogen-bond acceptors (Lipinski definition) is 5. The molecule has 5 nitrogen and oxygen atoms in total. The lowest BCUT2D eigenvalue weighted by atomic mass is 9.86. The van der Waals surface area contributed by atoms with E-state index < -0.39 is 5.60 Å². The van der Waals surface area contributed by atoms with Crippen LogP contribution < -0.4 is 4.74 Å². The second kappa shape index (κ2) is 14.3. The normalized spacial score (nSPS) is 18.8. The van der Waals surface area contributed by atoms with Crippen LogP contribution in [0.4, 0.5) is 0 Å². The van der Waals surface area contributed by atoms with E-state index in [1.165, 1.54) is 0 Å². The van der Waals surface area contributed by atoms with Crippen LogP contribution in [0, 0.1) is 17.8 Å². The topological polar surface area (TPSA) is 54.0 Å². The van der Waals surface area contributed by atoms with Gasteiger partial charge in [0, 0.05) is 12.0 Å². The third kappa shape index (κ3) is 9.64. The van der Waals surface area contributed by atoms with Crippen LogP contribution in [0.2, 0.25) is 0 Å². The highest BCUT2D eigenvalue weighted by Crippen LogP contribution is 2.34. The third-order valence-corrected chi connectivity index (χ3v) is 6.66. The Labute approximate surface area is 223 Å². The SMILES string of the molecule is COc1ccc(COC[C@]2(COCc3ccccc3)C/C(=C/CC(CC(C)C)CC(C)C)C(=O)O2)cc1. The lowest BCUT2D eigenvalue weighted by molar-refractivity contribution is -0.161. The summed E-state index contributed by atoms with van der Waals surface area (Å²) in [6.07, 6.45) is 5.83. The van der Waals surface area contributed by atoms with Crippen molar-refractivity contribution in [3.8, 4) is 5.75 Å². The zero-order valence-corrected chi connectivity index (χ0v) is 23.2. The summed E-state index contributed by atoms with van der Waals surface area (Å²) < 4.78 is 23.4. The molecule has 0 N–H and O–H groups in total. The molecule has 1 saturated heterocycles. The molecule has 0 bridgehead atoms. The highest BCUT2D eigenvalue weighted by Gasteiger charge is 2.44. The molecule has 2 aromatic carbocycles. The number of ether oxygens (including phenoxy) is 4. The minimum absolute atomic E-state index is 0.246. The maximum absolute atomic E-state index is 13.0. The molecule has 37 heavy (non-hydrogen) atoms. The zero-order chi connectivity index (χ0) is 26.7. The Hall–Kier alpha value is -2.63. The molecule has 0 saturated carbocycles. The molecular formula is C32H44O5. The quantitative estimate of drug-likeness (QED) is 0.189. The zero-order valence-electron chi connectivity index (χ0n) is 23.2. The molecule has 0 radical (unpaired) electrons. The van der Waals surface area contributed by atoms with Gasteiger partial charge in [-0.05, 0) is 60.3 Å². The molecule has 1 aliphatic rings. The molecule has 0 spiro atoms. The van der Waals surface area contributed by atoms with E-state index in [4.69, 9.17) is 18.9 Å². The summed E-state index contributed by atoms with van der Waals surface area (Å²) in [5.74, 6) is 2.39. The van der Waals surface area contributed by atoms with E-state index in [0.717, 1.165) is 41.7 Å². The smallest absolute Gasteiger partial charge is 0.334 e. The maximum atomic E-state index is 13.0. The van der Waals surface area contributed by atoms with E-state index in [2.05, 4.69) is 33.8 Å². The summed E-state index contributed by atoms with van der Waals surface area (Å²) >= 11 is 0. The Morgan fingerprint density at radius 1 is 0.865 bits per heavy atom. The van der Waals surface area contributed by atoms with Crippen molar-refractivity contribution in [3.63, 3.8) is 0 Å². The van der Waals surface area contributed by atoms with Crippen molar-refractivity contribution in [1.29, 1.82) is 0 Å². The fourth-order valence-corrected chi connectivity index (χ4v) is 5.01. The third-order valence-electron chi connectivity index (χ3n) is 6.66. The van der Waals surface area contributed by atoms with Crippen LogP contribution >= 0.6 is 0 Å². The number of hydrogen-bond donors (Lipinski definition) is 0. The number of carbonyl (C=O) groups excluding carboxylic acids is 1. The van der Waals surface area contributed by atoms with E-state index in [1.54, 1.807) is 7.11 Å². The van der Waals surface area contributed by atoms with Crippen molar-refractivity contribution in [2.75, 3.05) is 20.3 Å². The number of benzene rings is 2. The van der Waals surface area contributed by atoms with E-state index in [9.17, 15) is 4.79 Å². The molecule has 0 amide bonds. The number of rotatable bonds is 15. The van der Waals surface area contributed by atoms with Crippen LogP contribution in [0.5, 0.6) is 5.75 Å². The molecule has 2 aromatic rings. The minimum Gasteiger partial charge on any atom is -0.497 e. The fraction of sp³-hybridized carbons (Fsp3) is 0.531. The van der Waals surface area contributed by atoms with Gasteiger partial charge in [-0.15, -0.1) is 0 Å². The first-order chi connectivity index (χ1) is 17.8. The highest BCUT2D eigenvalue weighted by atomic mass is 16.6. The van der Waals surface area contributed by atoms with E-state index in [-0.39, 0.29) is 19.2 Å². The molecule has 5 heteroatoms. The molecular weight excluding hydrogens is 464 g/mol.